The third-order valence-electron chi connectivity index (χ3n) is 4.97. The van der Waals surface area contributed by atoms with Gasteiger partial charge in [0.1, 0.15) is 0 Å². The number of aromatic nitrogens is 2. The Hall–Kier alpha value is -1.40. The normalized spacial score (nSPS) is 25.3. The topological polar surface area (TPSA) is 59.4 Å². The van der Waals surface area contributed by atoms with Gasteiger partial charge < -0.3 is 14.6 Å². The molecular formula is C16H26N4O2. The van der Waals surface area contributed by atoms with Crippen LogP contribution in [0, 0.1) is 0 Å². The monoisotopic (exact) mass is 306 g/mol. The average Bonchev–Trinajstić information content (AvgIpc) is 2.87. The van der Waals surface area contributed by atoms with Crippen LogP contribution in [0.15, 0.2) is 12.5 Å². The summed E-state index contributed by atoms with van der Waals surface area (Å²) in [7, 11) is 2.04. The molecule has 122 valence electrons. The van der Waals surface area contributed by atoms with Crippen LogP contribution in [-0.2, 0) is 23.1 Å². The van der Waals surface area contributed by atoms with Crippen molar-refractivity contribution in [2.75, 3.05) is 19.7 Å². The fraction of sp³-hybridized carbons (Fsp3) is 0.750. The first kappa shape index (κ1) is 15.5. The maximum atomic E-state index is 11.3. The minimum absolute atomic E-state index is 0.0334. The molecule has 1 unspecified atom stereocenters. The van der Waals surface area contributed by atoms with Gasteiger partial charge in [-0.25, -0.2) is 4.98 Å². The molecule has 22 heavy (non-hydrogen) atoms. The largest absolute Gasteiger partial charge is 0.375 e. The Kier molecular flexibility index (Phi) is 4.49. The molecule has 0 saturated carbocycles. The zero-order valence-corrected chi connectivity index (χ0v) is 13.5. The molecule has 0 aliphatic carbocycles. The Balaban J connectivity index is 1.54. The van der Waals surface area contributed by atoms with Gasteiger partial charge in [0.2, 0.25) is 5.91 Å². The van der Waals surface area contributed by atoms with E-state index in [1.807, 2.05) is 19.6 Å². The lowest BCUT2D eigenvalue weighted by Crippen LogP contribution is -2.53. The van der Waals surface area contributed by atoms with E-state index in [4.69, 9.17) is 4.74 Å². The molecule has 2 fully saturated rings. The van der Waals surface area contributed by atoms with E-state index in [0.29, 0.717) is 0 Å². The zero-order valence-electron chi connectivity index (χ0n) is 13.5. The summed E-state index contributed by atoms with van der Waals surface area (Å²) in [5.41, 5.74) is 1.21. The summed E-state index contributed by atoms with van der Waals surface area (Å²) in [4.78, 5) is 17.9. The lowest BCUT2D eigenvalue weighted by atomic mass is 9.82. The molecule has 1 aromatic rings. The van der Waals surface area contributed by atoms with E-state index in [0.717, 1.165) is 51.9 Å². The van der Waals surface area contributed by atoms with Gasteiger partial charge in [0, 0.05) is 52.5 Å². The number of hydrogen-bond donors (Lipinski definition) is 1. The van der Waals surface area contributed by atoms with Crippen LogP contribution >= 0.6 is 0 Å². The molecule has 2 saturated heterocycles. The highest BCUT2D eigenvalue weighted by molar-refractivity contribution is 5.73. The van der Waals surface area contributed by atoms with E-state index in [2.05, 4.69) is 19.8 Å². The predicted octanol–water partition coefficient (Wildman–Crippen LogP) is 1.07. The summed E-state index contributed by atoms with van der Waals surface area (Å²) in [5.74, 6) is 0.0655. The third-order valence-corrected chi connectivity index (χ3v) is 4.97. The number of hydrogen-bond acceptors (Lipinski definition) is 4. The van der Waals surface area contributed by atoms with Gasteiger partial charge >= 0.3 is 0 Å². The summed E-state index contributed by atoms with van der Waals surface area (Å²) >= 11 is 0. The fourth-order valence-corrected chi connectivity index (χ4v) is 3.67. The molecular weight excluding hydrogens is 280 g/mol. The molecule has 3 rings (SSSR count). The minimum Gasteiger partial charge on any atom is -0.375 e. The van der Waals surface area contributed by atoms with Gasteiger partial charge in [0.25, 0.3) is 0 Å². The predicted molar refractivity (Wildman–Crippen MR) is 83.2 cm³/mol. The van der Waals surface area contributed by atoms with Crippen LogP contribution in [0.1, 0.15) is 38.3 Å². The quantitative estimate of drug-likeness (QED) is 0.907. The van der Waals surface area contributed by atoms with Gasteiger partial charge in [-0.05, 0) is 25.7 Å². The number of piperidine rings is 1. The summed E-state index contributed by atoms with van der Waals surface area (Å²) in [6.07, 6.45) is 7.76. The van der Waals surface area contributed by atoms with Crippen molar-refractivity contribution in [2.45, 2.75) is 50.8 Å². The van der Waals surface area contributed by atoms with E-state index in [9.17, 15) is 4.79 Å². The molecule has 1 spiro atoms. The number of nitrogens with zero attached hydrogens (tertiary/aromatic N) is 3. The van der Waals surface area contributed by atoms with Crippen LogP contribution in [0.2, 0.25) is 0 Å². The summed E-state index contributed by atoms with van der Waals surface area (Å²) in [6.45, 7) is 5.38. The van der Waals surface area contributed by atoms with E-state index >= 15 is 0 Å². The van der Waals surface area contributed by atoms with E-state index in [1.165, 1.54) is 5.69 Å². The number of carbonyl (C=O) groups excluding carboxylic acids is 1. The van der Waals surface area contributed by atoms with Crippen LogP contribution < -0.4 is 5.32 Å². The number of amides is 1. The molecule has 0 aromatic carbocycles. The van der Waals surface area contributed by atoms with Crippen molar-refractivity contribution in [3.8, 4) is 0 Å². The number of carbonyl (C=O) groups is 1. The highest BCUT2D eigenvalue weighted by Crippen LogP contribution is 2.35. The Bertz CT molecular complexity index is 520. The molecule has 0 radical (unpaired) electrons. The lowest BCUT2D eigenvalue weighted by Gasteiger charge is -2.46. The summed E-state index contributed by atoms with van der Waals surface area (Å²) in [5, 5.41) is 3.06. The van der Waals surface area contributed by atoms with Gasteiger partial charge in [-0.2, -0.15) is 0 Å². The van der Waals surface area contributed by atoms with Crippen molar-refractivity contribution in [1.29, 1.82) is 0 Å². The molecule has 2 aliphatic heterocycles. The number of imidazole rings is 1. The summed E-state index contributed by atoms with van der Waals surface area (Å²) < 4.78 is 8.21. The molecule has 1 N–H and O–H groups in total. The van der Waals surface area contributed by atoms with Crippen molar-refractivity contribution in [1.82, 2.24) is 19.8 Å². The van der Waals surface area contributed by atoms with Crippen LogP contribution in [0.4, 0.5) is 0 Å². The van der Waals surface area contributed by atoms with Crippen molar-refractivity contribution in [3.05, 3.63) is 18.2 Å². The number of aryl methyl sites for hydroxylation is 1. The first-order valence-electron chi connectivity index (χ1n) is 8.15. The van der Waals surface area contributed by atoms with Crippen molar-refractivity contribution in [3.63, 3.8) is 0 Å². The van der Waals surface area contributed by atoms with Crippen LogP contribution in [0.5, 0.6) is 0 Å². The van der Waals surface area contributed by atoms with Gasteiger partial charge in [0.05, 0.1) is 17.6 Å². The molecule has 2 aliphatic rings. The molecule has 6 heteroatoms. The second kappa shape index (κ2) is 6.38. The standard InChI is InChI=1S/C16H26N4O2/c1-13(21)18-14-3-8-22-16(9-14)4-6-20(7-5-16)11-15-10-17-12-19(15)2/h10,12,14H,3-9,11H2,1-2H3,(H,18,21). The number of ether oxygens (including phenoxy) is 1. The fourth-order valence-electron chi connectivity index (χ4n) is 3.67. The van der Waals surface area contributed by atoms with E-state index < -0.39 is 0 Å². The van der Waals surface area contributed by atoms with Crippen molar-refractivity contribution >= 4 is 5.91 Å². The smallest absolute Gasteiger partial charge is 0.217 e. The minimum atomic E-state index is -0.0334. The Morgan fingerprint density at radius 1 is 1.50 bits per heavy atom. The second-order valence-electron chi connectivity index (χ2n) is 6.69. The Morgan fingerprint density at radius 3 is 2.91 bits per heavy atom. The van der Waals surface area contributed by atoms with Crippen LogP contribution in [-0.4, -0.2) is 51.7 Å². The Morgan fingerprint density at radius 2 is 2.27 bits per heavy atom. The van der Waals surface area contributed by atoms with Crippen molar-refractivity contribution < 1.29 is 9.53 Å². The molecule has 0 bridgehead atoms. The number of likely N-dealkylation sites (tertiary alicyclic amines) is 1. The molecule has 1 amide bonds. The van der Waals surface area contributed by atoms with Gasteiger partial charge in [-0.15, -0.1) is 0 Å². The first-order valence-corrected chi connectivity index (χ1v) is 8.15. The maximum Gasteiger partial charge on any atom is 0.217 e. The van der Waals surface area contributed by atoms with Crippen LogP contribution in [0.3, 0.4) is 0 Å². The SMILES string of the molecule is CC(=O)NC1CCOC2(CCN(Cc3cncn3C)CC2)C1. The molecule has 1 aromatic heterocycles. The Labute approximate surface area is 131 Å². The van der Waals surface area contributed by atoms with Gasteiger partial charge in [-0.3, -0.25) is 9.69 Å². The van der Waals surface area contributed by atoms with Gasteiger partial charge in [-0.1, -0.05) is 0 Å². The molecule has 6 nitrogen and oxygen atoms in total. The number of rotatable bonds is 3. The third kappa shape index (κ3) is 3.50. The van der Waals surface area contributed by atoms with Crippen LogP contribution in [0.25, 0.3) is 0 Å². The second-order valence-corrected chi connectivity index (χ2v) is 6.69. The molecule has 1 atom stereocenters. The summed E-state index contributed by atoms with van der Waals surface area (Å²) in [6, 6.07) is 0.273. The van der Waals surface area contributed by atoms with E-state index in [-0.39, 0.29) is 17.6 Å². The highest BCUT2D eigenvalue weighted by Gasteiger charge is 2.40. The van der Waals surface area contributed by atoms with Gasteiger partial charge in [0.15, 0.2) is 0 Å². The average molecular weight is 306 g/mol. The van der Waals surface area contributed by atoms with Crippen molar-refractivity contribution in [2.24, 2.45) is 7.05 Å². The van der Waals surface area contributed by atoms with E-state index in [1.54, 1.807) is 6.92 Å². The lowest BCUT2D eigenvalue weighted by molar-refractivity contribution is -0.130. The highest BCUT2D eigenvalue weighted by atomic mass is 16.5. The first-order chi connectivity index (χ1) is 10.6. The number of nitrogens with one attached hydrogen (secondary N) is 1. The molecule has 3 heterocycles. The maximum absolute atomic E-state index is 11.3. The zero-order chi connectivity index (χ0) is 15.6.